The first kappa shape index (κ1) is 22.2. The first-order valence-electron chi connectivity index (χ1n) is 10.5. The Hall–Kier alpha value is -2.44. The number of nitrogens with zero attached hydrogens (tertiary/aromatic N) is 2. The molecule has 1 fully saturated rings. The molecule has 1 aliphatic rings. The fraction of sp³-hybridized carbons (Fsp3) is 0.500. The van der Waals surface area contributed by atoms with Gasteiger partial charge in [-0.2, -0.15) is 0 Å². The van der Waals surface area contributed by atoms with Crippen LogP contribution < -0.4 is 5.56 Å². The number of aliphatic hydroxyl groups is 1. The number of hydrogen-bond acceptors (Lipinski definition) is 5. The molecule has 0 amide bonds. The van der Waals surface area contributed by atoms with E-state index in [1.807, 2.05) is 45.0 Å². The quantitative estimate of drug-likeness (QED) is 0.708. The number of aryl methyl sites for hydroxylation is 1. The van der Waals surface area contributed by atoms with Crippen molar-refractivity contribution in [2.45, 2.75) is 51.7 Å². The minimum absolute atomic E-state index is 0.0730. The van der Waals surface area contributed by atoms with Gasteiger partial charge >= 0.3 is 5.97 Å². The molecule has 2 atom stereocenters. The summed E-state index contributed by atoms with van der Waals surface area (Å²) < 4.78 is 6.45. The van der Waals surface area contributed by atoms with Crippen LogP contribution in [0.5, 0.6) is 0 Å². The standard InChI is InChI=1S/C24H32N2O4/c1-5-30-23(28)15-26-17(2)11-19(12-22(26)27)21-14-25(16-24(3,4)29)13-20(21)18-9-7-6-8-10-18/h6-12,20-21,29H,5,13-16H2,1-4H3/t20-,21+/m1/s1. The number of β-amino-alcohol motifs (C(OH)–C–C–N with tert-alkyl or cyclic N) is 1. The van der Waals surface area contributed by atoms with Crippen LogP contribution >= 0.6 is 0 Å². The molecule has 0 aliphatic carbocycles. The van der Waals surface area contributed by atoms with Gasteiger partial charge in [-0.15, -0.1) is 0 Å². The SMILES string of the molecule is CCOC(=O)Cn1c(C)cc([C@@H]2CN(CC(C)(C)O)C[C@@H]2c2ccccc2)cc1=O. The summed E-state index contributed by atoms with van der Waals surface area (Å²) in [6.07, 6.45) is 0. The molecule has 2 aromatic rings. The smallest absolute Gasteiger partial charge is 0.326 e. The first-order valence-corrected chi connectivity index (χ1v) is 10.5. The maximum absolute atomic E-state index is 12.8. The number of hydrogen-bond donors (Lipinski definition) is 1. The second kappa shape index (κ2) is 9.14. The van der Waals surface area contributed by atoms with Crippen molar-refractivity contribution in [3.05, 3.63) is 69.6 Å². The molecule has 1 aromatic heterocycles. The van der Waals surface area contributed by atoms with Gasteiger partial charge in [0.15, 0.2) is 0 Å². The van der Waals surface area contributed by atoms with Gasteiger partial charge in [0.1, 0.15) is 6.54 Å². The Morgan fingerprint density at radius 1 is 1.13 bits per heavy atom. The molecule has 0 radical (unpaired) electrons. The van der Waals surface area contributed by atoms with E-state index in [0.29, 0.717) is 13.2 Å². The van der Waals surface area contributed by atoms with E-state index in [1.165, 1.54) is 10.1 Å². The van der Waals surface area contributed by atoms with Gasteiger partial charge in [0.25, 0.3) is 5.56 Å². The van der Waals surface area contributed by atoms with E-state index < -0.39 is 11.6 Å². The molecule has 1 aromatic carbocycles. The molecule has 6 heteroatoms. The monoisotopic (exact) mass is 412 g/mol. The number of carbonyl (C=O) groups excluding carboxylic acids is 1. The summed E-state index contributed by atoms with van der Waals surface area (Å²) in [7, 11) is 0. The second-order valence-corrected chi connectivity index (χ2v) is 8.79. The first-order chi connectivity index (χ1) is 14.2. The van der Waals surface area contributed by atoms with Gasteiger partial charge < -0.3 is 14.4 Å². The van der Waals surface area contributed by atoms with E-state index in [9.17, 15) is 14.7 Å². The average Bonchev–Trinajstić information content (AvgIpc) is 3.07. The zero-order chi connectivity index (χ0) is 21.9. The number of likely N-dealkylation sites (tertiary alicyclic amines) is 1. The molecule has 162 valence electrons. The Morgan fingerprint density at radius 2 is 1.77 bits per heavy atom. The van der Waals surface area contributed by atoms with Gasteiger partial charge in [0, 0.05) is 43.2 Å². The molecule has 2 heterocycles. The molecule has 0 spiro atoms. The average molecular weight is 413 g/mol. The molecular weight excluding hydrogens is 380 g/mol. The lowest BCUT2D eigenvalue weighted by atomic mass is 9.84. The summed E-state index contributed by atoms with van der Waals surface area (Å²) in [4.78, 5) is 26.9. The highest BCUT2D eigenvalue weighted by molar-refractivity contribution is 5.69. The molecule has 6 nitrogen and oxygen atoms in total. The van der Waals surface area contributed by atoms with E-state index in [0.717, 1.165) is 24.3 Å². The van der Waals surface area contributed by atoms with Gasteiger partial charge in [-0.05, 0) is 44.9 Å². The molecule has 3 rings (SSSR count). The number of rotatable bonds is 7. The largest absolute Gasteiger partial charge is 0.465 e. The highest BCUT2D eigenvalue weighted by Gasteiger charge is 2.37. The van der Waals surface area contributed by atoms with Crippen molar-refractivity contribution in [2.24, 2.45) is 0 Å². The number of ether oxygens (including phenoxy) is 1. The van der Waals surface area contributed by atoms with Crippen molar-refractivity contribution in [2.75, 3.05) is 26.2 Å². The van der Waals surface area contributed by atoms with Crippen LogP contribution in [-0.4, -0.2) is 52.4 Å². The third-order valence-electron chi connectivity index (χ3n) is 5.61. The number of esters is 1. The highest BCUT2D eigenvalue weighted by Crippen LogP contribution is 2.39. The number of carbonyl (C=O) groups is 1. The predicted molar refractivity (Wildman–Crippen MR) is 117 cm³/mol. The summed E-state index contributed by atoms with van der Waals surface area (Å²) in [6, 6.07) is 14.0. The van der Waals surface area contributed by atoms with Crippen molar-refractivity contribution in [1.29, 1.82) is 0 Å². The summed E-state index contributed by atoms with van der Waals surface area (Å²) in [5, 5.41) is 10.3. The second-order valence-electron chi connectivity index (χ2n) is 8.79. The van der Waals surface area contributed by atoms with Crippen LogP contribution in [0.15, 0.2) is 47.3 Å². The Bertz CT molecular complexity index is 930. The summed E-state index contributed by atoms with van der Waals surface area (Å²) in [6.45, 7) is 9.63. The third-order valence-corrected chi connectivity index (χ3v) is 5.61. The van der Waals surface area contributed by atoms with Crippen molar-refractivity contribution >= 4 is 5.97 Å². The van der Waals surface area contributed by atoms with E-state index >= 15 is 0 Å². The van der Waals surface area contributed by atoms with Crippen molar-refractivity contribution in [3.8, 4) is 0 Å². The summed E-state index contributed by atoms with van der Waals surface area (Å²) in [5.74, 6) is -0.0403. The minimum atomic E-state index is -0.783. The van der Waals surface area contributed by atoms with E-state index in [-0.39, 0.29) is 23.9 Å². The number of benzene rings is 1. The van der Waals surface area contributed by atoms with Crippen LogP contribution in [0.4, 0.5) is 0 Å². The molecule has 1 aliphatic heterocycles. The summed E-state index contributed by atoms with van der Waals surface area (Å²) in [5.41, 5.74) is 1.98. The van der Waals surface area contributed by atoms with Crippen LogP contribution in [0.1, 0.15) is 49.4 Å². The molecule has 0 bridgehead atoms. The fourth-order valence-corrected chi connectivity index (χ4v) is 4.44. The maximum Gasteiger partial charge on any atom is 0.326 e. The van der Waals surface area contributed by atoms with Crippen molar-refractivity contribution in [3.63, 3.8) is 0 Å². The van der Waals surface area contributed by atoms with E-state index in [4.69, 9.17) is 4.74 Å². The third kappa shape index (κ3) is 5.37. The topological polar surface area (TPSA) is 71.8 Å². The lowest BCUT2D eigenvalue weighted by Crippen LogP contribution is -2.37. The maximum atomic E-state index is 12.8. The lowest BCUT2D eigenvalue weighted by molar-refractivity contribution is -0.143. The van der Waals surface area contributed by atoms with Crippen molar-refractivity contribution < 1.29 is 14.6 Å². The van der Waals surface area contributed by atoms with Gasteiger partial charge in [-0.1, -0.05) is 30.3 Å². The zero-order valence-corrected chi connectivity index (χ0v) is 18.3. The fourth-order valence-electron chi connectivity index (χ4n) is 4.44. The van der Waals surface area contributed by atoms with Crippen LogP contribution in [-0.2, 0) is 16.1 Å². The van der Waals surface area contributed by atoms with Crippen LogP contribution in [0.3, 0.4) is 0 Å². The van der Waals surface area contributed by atoms with Gasteiger partial charge in [-0.3, -0.25) is 14.5 Å². The molecule has 0 unspecified atom stereocenters. The summed E-state index contributed by atoms with van der Waals surface area (Å²) >= 11 is 0. The van der Waals surface area contributed by atoms with E-state index in [1.54, 1.807) is 13.0 Å². The Labute approximate surface area is 178 Å². The van der Waals surface area contributed by atoms with Gasteiger partial charge in [0.2, 0.25) is 0 Å². The molecule has 1 saturated heterocycles. The van der Waals surface area contributed by atoms with Gasteiger partial charge in [0.05, 0.1) is 12.2 Å². The van der Waals surface area contributed by atoms with Crippen LogP contribution in [0.25, 0.3) is 0 Å². The Balaban J connectivity index is 1.92. The molecule has 30 heavy (non-hydrogen) atoms. The molecular formula is C24H32N2O4. The Kier molecular flexibility index (Phi) is 6.78. The number of pyridine rings is 1. The Morgan fingerprint density at radius 3 is 2.33 bits per heavy atom. The molecule has 1 N–H and O–H groups in total. The predicted octanol–water partition coefficient (Wildman–Crippen LogP) is 2.67. The van der Waals surface area contributed by atoms with E-state index in [2.05, 4.69) is 17.0 Å². The minimum Gasteiger partial charge on any atom is -0.465 e. The molecule has 0 saturated carbocycles. The van der Waals surface area contributed by atoms with Crippen LogP contribution in [0.2, 0.25) is 0 Å². The van der Waals surface area contributed by atoms with Crippen molar-refractivity contribution in [1.82, 2.24) is 9.47 Å². The van der Waals surface area contributed by atoms with Gasteiger partial charge in [-0.25, -0.2) is 0 Å². The number of aromatic nitrogens is 1. The highest BCUT2D eigenvalue weighted by atomic mass is 16.5. The lowest BCUT2D eigenvalue weighted by Gasteiger charge is -2.25. The normalized spacial score (nSPS) is 19.8. The van der Waals surface area contributed by atoms with Crippen LogP contribution in [0, 0.1) is 6.92 Å². The zero-order valence-electron chi connectivity index (χ0n) is 18.3.